The molecule has 45 heavy (non-hydrogen) atoms. The van der Waals surface area contributed by atoms with E-state index in [0.717, 1.165) is 0 Å². The predicted molar refractivity (Wildman–Crippen MR) is 161 cm³/mol. The van der Waals surface area contributed by atoms with E-state index in [1.54, 1.807) is 36.4 Å². The van der Waals surface area contributed by atoms with Crippen LogP contribution in [0.2, 0.25) is 0 Å². The second kappa shape index (κ2) is 15.5. The Hall–Kier alpha value is -5.21. The molecule has 2 heterocycles. The van der Waals surface area contributed by atoms with E-state index in [4.69, 9.17) is 14.2 Å². The normalized spacial score (nSPS) is 16.9. The summed E-state index contributed by atoms with van der Waals surface area (Å²) in [5.41, 5.74) is 0.889. The lowest BCUT2D eigenvalue weighted by Gasteiger charge is -2.26. The van der Waals surface area contributed by atoms with Crippen LogP contribution in [0.5, 0.6) is 23.0 Å². The maximum absolute atomic E-state index is 13.4. The van der Waals surface area contributed by atoms with Crippen molar-refractivity contribution in [3.05, 3.63) is 53.9 Å². The number of aromatic nitrogens is 4. The molecule has 2 aromatic carbocycles. The highest BCUT2D eigenvalue weighted by molar-refractivity contribution is 5.95. The first kappa shape index (κ1) is 32.7. The molecule has 0 saturated heterocycles. The van der Waals surface area contributed by atoms with Gasteiger partial charge in [0, 0.05) is 18.7 Å². The molecule has 1 aliphatic heterocycles. The predicted octanol–water partition coefficient (Wildman–Crippen LogP) is 1.29. The van der Waals surface area contributed by atoms with Gasteiger partial charge in [0.1, 0.15) is 30.4 Å². The quantitative estimate of drug-likeness (QED) is 0.376. The summed E-state index contributed by atoms with van der Waals surface area (Å²) in [7, 11) is 3.00. The van der Waals surface area contributed by atoms with Crippen LogP contribution in [0.15, 0.2) is 42.7 Å². The van der Waals surface area contributed by atoms with Gasteiger partial charge in [-0.1, -0.05) is 19.9 Å². The summed E-state index contributed by atoms with van der Waals surface area (Å²) in [5.74, 6) is -0.335. The molecule has 2 bridgehead atoms. The lowest BCUT2D eigenvalue weighted by molar-refractivity contribution is -0.138. The molecular weight excluding hydrogens is 584 g/mol. The third-order valence-corrected chi connectivity index (χ3v) is 7.18. The molecule has 0 aliphatic carbocycles. The van der Waals surface area contributed by atoms with E-state index in [-0.39, 0.29) is 43.9 Å². The van der Waals surface area contributed by atoms with Crippen molar-refractivity contribution in [3.63, 3.8) is 0 Å². The number of hydrogen-bond donors (Lipinski definition) is 3. The number of tetrazole rings is 1. The molecule has 1 atom stereocenters. The van der Waals surface area contributed by atoms with Gasteiger partial charge < -0.3 is 35.1 Å². The number of carbonyl (C=O) groups is 4. The van der Waals surface area contributed by atoms with Crippen molar-refractivity contribution in [2.75, 3.05) is 33.9 Å². The summed E-state index contributed by atoms with van der Waals surface area (Å²) in [6.07, 6.45) is 2.34. The van der Waals surface area contributed by atoms with E-state index in [9.17, 15) is 19.2 Å². The average molecular weight is 623 g/mol. The second-order valence-corrected chi connectivity index (χ2v) is 10.7. The first-order valence-electron chi connectivity index (χ1n) is 14.6. The van der Waals surface area contributed by atoms with Gasteiger partial charge in [-0.15, -0.1) is 5.10 Å². The monoisotopic (exact) mass is 622 g/mol. The van der Waals surface area contributed by atoms with Crippen molar-refractivity contribution in [1.29, 1.82) is 0 Å². The van der Waals surface area contributed by atoms with Crippen LogP contribution in [0.1, 0.15) is 42.6 Å². The Balaban J connectivity index is 1.64. The zero-order valence-corrected chi connectivity index (χ0v) is 25.7. The van der Waals surface area contributed by atoms with E-state index in [0.29, 0.717) is 53.5 Å². The van der Waals surface area contributed by atoms with Crippen molar-refractivity contribution in [2.45, 2.75) is 45.8 Å². The van der Waals surface area contributed by atoms with Crippen molar-refractivity contribution < 1.29 is 33.4 Å². The number of benzene rings is 2. The molecule has 15 nitrogen and oxygen atoms in total. The van der Waals surface area contributed by atoms with Gasteiger partial charge >= 0.3 is 0 Å². The van der Waals surface area contributed by atoms with E-state index in [1.165, 1.54) is 30.1 Å². The maximum Gasteiger partial charge on any atom is 0.251 e. The number of carbonyl (C=O) groups excluding carboxylic acids is 4. The third-order valence-electron chi connectivity index (χ3n) is 7.18. The molecule has 240 valence electrons. The fraction of sp³-hybridized carbons (Fsp3) is 0.433. The summed E-state index contributed by atoms with van der Waals surface area (Å²) in [5, 5.41) is 19.4. The minimum absolute atomic E-state index is 0.0102. The lowest BCUT2D eigenvalue weighted by Crippen LogP contribution is -2.52. The Morgan fingerprint density at radius 1 is 1.04 bits per heavy atom. The van der Waals surface area contributed by atoms with E-state index >= 15 is 0 Å². The molecule has 0 fully saturated rings. The molecule has 1 aromatic heterocycles. The number of rotatable bonds is 5. The van der Waals surface area contributed by atoms with E-state index < -0.39 is 17.9 Å². The van der Waals surface area contributed by atoms with Gasteiger partial charge in [0.15, 0.2) is 11.5 Å². The lowest BCUT2D eigenvalue weighted by atomic mass is 10.0. The Morgan fingerprint density at radius 2 is 1.84 bits per heavy atom. The number of nitrogens with zero attached hydrogens (tertiary/aromatic N) is 5. The van der Waals surface area contributed by atoms with Gasteiger partial charge in [-0.25, -0.2) is 4.68 Å². The second-order valence-electron chi connectivity index (χ2n) is 10.7. The van der Waals surface area contributed by atoms with Crippen LogP contribution in [0.25, 0.3) is 0 Å². The van der Waals surface area contributed by atoms with Crippen LogP contribution in [0.4, 0.5) is 0 Å². The highest BCUT2D eigenvalue weighted by atomic mass is 16.5. The highest BCUT2D eigenvalue weighted by Crippen LogP contribution is 2.37. The van der Waals surface area contributed by atoms with Crippen LogP contribution in [0.3, 0.4) is 0 Å². The highest BCUT2D eigenvalue weighted by Gasteiger charge is 2.27. The summed E-state index contributed by atoms with van der Waals surface area (Å²) >= 11 is 0. The fourth-order valence-corrected chi connectivity index (χ4v) is 4.75. The van der Waals surface area contributed by atoms with Gasteiger partial charge in [-0.05, 0) is 59.5 Å². The topological polar surface area (TPSA) is 179 Å². The third kappa shape index (κ3) is 8.68. The smallest absolute Gasteiger partial charge is 0.251 e. The molecule has 4 amide bonds. The van der Waals surface area contributed by atoms with Crippen LogP contribution in [0, 0.1) is 5.92 Å². The maximum atomic E-state index is 13.4. The minimum Gasteiger partial charge on any atom is -0.496 e. The van der Waals surface area contributed by atoms with E-state index in [2.05, 4.69) is 31.5 Å². The Morgan fingerprint density at radius 3 is 2.56 bits per heavy atom. The Bertz CT molecular complexity index is 1500. The first-order chi connectivity index (χ1) is 21.7. The van der Waals surface area contributed by atoms with E-state index in [1.807, 2.05) is 13.8 Å². The van der Waals surface area contributed by atoms with Gasteiger partial charge in [0.25, 0.3) is 5.91 Å². The number of fused-ring (bicyclic) bond motifs is 3. The minimum atomic E-state index is -0.884. The van der Waals surface area contributed by atoms with Crippen LogP contribution >= 0.6 is 0 Å². The van der Waals surface area contributed by atoms with Gasteiger partial charge in [0.2, 0.25) is 17.7 Å². The standard InChI is InChI=1S/C30H38N8O7/c1-19(2)28-30(42)32-15-21-22(43-3)8-7-9-23(21)45-25-14-20(10-11-24(25)44-4)29(41)31-12-5-6-13-37(16-26(39)34-28)27(40)17-38-18-33-35-36-38/h7-11,14,18-19,28H,5-6,12-13,15-17H2,1-4H3,(H,31,41)(H,32,42)(H,34,39)/t28-/m1/s1. The molecule has 4 rings (SSSR count). The van der Waals surface area contributed by atoms with Crippen LogP contribution in [-0.2, 0) is 27.5 Å². The Kier molecular flexibility index (Phi) is 11.3. The fourth-order valence-electron chi connectivity index (χ4n) is 4.75. The SMILES string of the molecule is COc1ccc2cc1Oc1cccc(OC)c1CNC(=O)[C@@H](C(C)C)NC(=O)CN(C(=O)Cn1cnnn1)CCCCNC2=O. The molecule has 3 aromatic rings. The molecular formula is C30H38N8O7. The number of amides is 4. The van der Waals surface area contributed by atoms with Gasteiger partial charge in [0.05, 0.1) is 32.9 Å². The molecule has 0 saturated carbocycles. The number of nitrogens with one attached hydrogen (secondary N) is 3. The van der Waals surface area contributed by atoms with Crippen molar-refractivity contribution >= 4 is 23.6 Å². The zero-order valence-electron chi connectivity index (χ0n) is 25.7. The zero-order chi connectivity index (χ0) is 32.3. The summed E-state index contributed by atoms with van der Waals surface area (Å²) in [4.78, 5) is 54.1. The van der Waals surface area contributed by atoms with Crippen LogP contribution in [-0.4, -0.2) is 88.6 Å². The van der Waals surface area contributed by atoms with Crippen LogP contribution < -0.4 is 30.2 Å². The van der Waals surface area contributed by atoms with Crippen molar-refractivity contribution in [2.24, 2.45) is 5.92 Å². The molecule has 1 aliphatic rings. The number of methoxy groups -OCH3 is 2. The molecule has 15 heteroatoms. The molecule has 3 N–H and O–H groups in total. The van der Waals surface area contributed by atoms with Crippen molar-refractivity contribution in [3.8, 4) is 23.0 Å². The molecule has 0 spiro atoms. The van der Waals surface area contributed by atoms with Gasteiger partial charge in [-0.3, -0.25) is 19.2 Å². The average Bonchev–Trinajstić information content (AvgIpc) is 3.54. The number of ether oxygens (including phenoxy) is 3. The molecule has 0 radical (unpaired) electrons. The first-order valence-corrected chi connectivity index (χ1v) is 14.6. The summed E-state index contributed by atoms with van der Waals surface area (Å²) < 4.78 is 18.5. The molecule has 0 unspecified atom stereocenters. The Labute approximate surface area is 260 Å². The van der Waals surface area contributed by atoms with Gasteiger partial charge in [-0.2, -0.15) is 0 Å². The largest absolute Gasteiger partial charge is 0.496 e. The number of hydrogen-bond acceptors (Lipinski definition) is 10. The summed E-state index contributed by atoms with van der Waals surface area (Å²) in [6, 6.07) is 9.15. The summed E-state index contributed by atoms with van der Waals surface area (Å²) in [6.45, 7) is 3.77. The van der Waals surface area contributed by atoms with Crippen molar-refractivity contribution in [1.82, 2.24) is 41.1 Å².